The topological polar surface area (TPSA) is 84.0 Å². The number of pyridine rings is 2. The Morgan fingerprint density at radius 2 is 1.56 bits per heavy atom. The van der Waals surface area contributed by atoms with E-state index < -0.39 is 0 Å². The van der Waals surface area contributed by atoms with Crippen molar-refractivity contribution >= 4 is 29.3 Å². The van der Waals surface area contributed by atoms with E-state index in [4.69, 9.17) is 0 Å². The highest BCUT2D eigenvalue weighted by atomic mass is 16.2. The number of nitrogens with one attached hydrogen (secondary N) is 2. The molecular formula is C21H18N4O2. The fourth-order valence-electron chi connectivity index (χ4n) is 2.36. The second-order valence-electron chi connectivity index (χ2n) is 5.82. The molecule has 0 spiro atoms. The van der Waals surface area contributed by atoms with Gasteiger partial charge in [0.05, 0.1) is 0 Å². The average molecular weight is 358 g/mol. The fourth-order valence-corrected chi connectivity index (χ4v) is 2.36. The van der Waals surface area contributed by atoms with Crippen molar-refractivity contribution in [2.24, 2.45) is 0 Å². The number of anilines is 2. The van der Waals surface area contributed by atoms with Gasteiger partial charge in [0, 0.05) is 47.8 Å². The van der Waals surface area contributed by atoms with Crippen LogP contribution in [0.25, 0.3) is 6.08 Å². The number of carbonyl (C=O) groups excluding carboxylic acids is 2. The first-order valence-electron chi connectivity index (χ1n) is 8.33. The second kappa shape index (κ2) is 8.53. The van der Waals surface area contributed by atoms with Crippen molar-refractivity contribution in [2.75, 3.05) is 10.6 Å². The Kier molecular flexibility index (Phi) is 5.69. The Labute approximate surface area is 157 Å². The highest BCUT2D eigenvalue weighted by molar-refractivity contribution is 6.06. The zero-order valence-electron chi connectivity index (χ0n) is 14.7. The van der Waals surface area contributed by atoms with Gasteiger partial charge < -0.3 is 10.6 Å². The molecule has 0 unspecified atom stereocenters. The van der Waals surface area contributed by atoms with Crippen LogP contribution in [0.2, 0.25) is 0 Å². The summed E-state index contributed by atoms with van der Waals surface area (Å²) in [6.45, 7) is 1.89. The molecule has 2 aromatic heterocycles. The summed E-state index contributed by atoms with van der Waals surface area (Å²) in [7, 11) is 0. The Morgan fingerprint density at radius 1 is 0.889 bits per heavy atom. The summed E-state index contributed by atoms with van der Waals surface area (Å²) in [6.07, 6.45) is 9.60. The van der Waals surface area contributed by atoms with E-state index in [1.54, 1.807) is 55.1 Å². The zero-order chi connectivity index (χ0) is 19.1. The molecule has 0 aliphatic rings. The molecule has 3 aromatic rings. The summed E-state index contributed by atoms with van der Waals surface area (Å²) < 4.78 is 0. The van der Waals surface area contributed by atoms with Gasteiger partial charge in [0.1, 0.15) is 0 Å². The Bertz CT molecular complexity index is 970. The number of hydrogen-bond acceptors (Lipinski definition) is 4. The normalized spacial score (nSPS) is 10.6. The molecule has 2 amide bonds. The van der Waals surface area contributed by atoms with Gasteiger partial charge in [-0.25, -0.2) is 0 Å². The molecule has 0 saturated carbocycles. The van der Waals surface area contributed by atoms with Crippen LogP contribution in [0.15, 0.2) is 73.3 Å². The third-order valence-electron chi connectivity index (χ3n) is 3.83. The van der Waals surface area contributed by atoms with E-state index in [2.05, 4.69) is 20.6 Å². The van der Waals surface area contributed by atoms with E-state index in [9.17, 15) is 9.59 Å². The molecule has 0 bridgehead atoms. The maximum atomic E-state index is 12.3. The van der Waals surface area contributed by atoms with E-state index in [1.165, 1.54) is 6.08 Å². The predicted molar refractivity (Wildman–Crippen MR) is 105 cm³/mol. The SMILES string of the molecule is Cc1ccc(NC(=O)C=Cc2ccncc2)cc1NC(=O)c1ccncc1. The van der Waals surface area contributed by atoms with Gasteiger partial charge in [-0.2, -0.15) is 0 Å². The minimum atomic E-state index is -0.262. The standard InChI is InChI=1S/C21H18N4O2/c1-15-2-4-18(24-20(26)5-3-16-6-10-22-11-7-16)14-19(15)25-21(27)17-8-12-23-13-9-17/h2-14H,1H3,(H,24,26)(H,25,27). The lowest BCUT2D eigenvalue weighted by molar-refractivity contribution is -0.111. The van der Waals surface area contributed by atoms with Crippen LogP contribution < -0.4 is 10.6 Å². The zero-order valence-corrected chi connectivity index (χ0v) is 14.7. The minimum Gasteiger partial charge on any atom is -0.322 e. The average Bonchev–Trinajstić information content (AvgIpc) is 2.70. The van der Waals surface area contributed by atoms with Crippen molar-refractivity contribution in [3.63, 3.8) is 0 Å². The van der Waals surface area contributed by atoms with E-state index in [0.717, 1.165) is 11.1 Å². The minimum absolute atomic E-state index is 0.235. The first-order chi connectivity index (χ1) is 13.1. The molecule has 2 heterocycles. The Morgan fingerprint density at radius 3 is 2.26 bits per heavy atom. The van der Waals surface area contributed by atoms with Gasteiger partial charge in [-0.15, -0.1) is 0 Å². The largest absolute Gasteiger partial charge is 0.322 e. The van der Waals surface area contributed by atoms with Gasteiger partial charge in [-0.05, 0) is 60.5 Å². The summed E-state index contributed by atoms with van der Waals surface area (Å²) >= 11 is 0. The fraction of sp³-hybridized carbons (Fsp3) is 0.0476. The molecular weight excluding hydrogens is 340 g/mol. The maximum Gasteiger partial charge on any atom is 0.255 e. The van der Waals surface area contributed by atoms with Crippen molar-refractivity contribution in [3.05, 3.63) is 90.0 Å². The van der Waals surface area contributed by atoms with Gasteiger partial charge in [0.2, 0.25) is 5.91 Å². The predicted octanol–water partition coefficient (Wildman–Crippen LogP) is 3.69. The molecule has 0 aliphatic carbocycles. The number of nitrogens with zero attached hydrogens (tertiary/aromatic N) is 2. The van der Waals surface area contributed by atoms with Crippen molar-refractivity contribution in [1.82, 2.24) is 9.97 Å². The Balaban J connectivity index is 1.68. The number of rotatable bonds is 5. The number of benzene rings is 1. The second-order valence-corrected chi connectivity index (χ2v) is 5.82. The quantitative estimate of drug-likeness (QED) is 0.681. The third-order valence-corrected chi connectivity index (χ3v) is 3.83. The van der Waals surface area contributed by atoms with Crippen LogP contribution in [0.1, 0.15) is 21.5 Å². The first-order valence-corrected chi connectivity index (χ1v) is 8.33. The molecule has 0 radical (unpaired) electrons. The summed E-state index contributed by atoms with van der Waals surface area (Å²) in [5.74, 6) is -0.497. The van der Waals surface area contributed by atoms with Crippen molar-refractivity contribution in [3.8, 4) is 0 Å². The number of carbonyl (C=O) groups is 2. The molecule has 0 fully saturated rings. The van der Waals surface area contributed by atoms with Crippen molar-refractivity contribution < 1.29 is 9.59 Å². The lowest BCUT2D eigenvalue weighted by Crippen LogP contribution is -2.13. The summed E-state index contributed by atoms with van der Waals surface area (Å²) in [6, 6.07) is 12.2. The molecule has 134 valence electrons. The van der Waals surface area contributed by atoms with Crippen molar-refractivity contribution in [1.29, 1.82) is 0 Å². The Hall–Kier alpha value is -3.80. The smallest absolute Gasteiger partial charge is 0.255 e. The molecule has 27 heavy (non-hydrogen) atoms. The van der Waals surface area contributed by atoms with Crippen LogP contribution >= 0.6 is 0 Å². The van der Waals surface area contributed by atoms with Gasteiger partial charge in [0.15, 0.2) is 0 Å². The molecule has 1 aromatic carbocycles. The number of aromatic nitrogens is 2. The first kappa shape index (κ1) is 18.0. The monoisotopic (exact) mass is 358 g/mol. The van der Waals surface area contributed by atoms with Crippen LogP contribution in [0.5, 0.6) is 0 Å². The van der Waals surface area contributed by atoms with Crippen molar-refractivity contribution in [2.45, 2.75) is 6.92 Å². The lowest BCUT2D eigenvalue weighted by Gasteiger charge is -2.11. The summed E-state index contributed by atoms with van der Waals surface area (Å²) in [5.41, 5.74) is 3.51. The lowest BCUT2D eigenvalue weighted by atomic mass is 10.1. The summed E-state index contributed by atoms with van der Waals surface area (Å²) in [4.78, 5) is 32.3. The number of amides is 2. The van der Waals surface area contributed by atoms with Gasteiger partial charge in [-0.3, -0.25) is 19.6 Å². The molecule has 0 aliphatic heterocycles. The number of hydrogen-bond donors (Lipinski definition) is 2. The molecule has 0 atom stereocenters. The van der Waals surface area contributed by atoms with E-state index in [1.807, 2.05) is 25.1 Å². The van der Waals surface area contributed by atoms with E-state index in [0.29, 0.717) is 16.9 Å². The molecule has 6 nitrogen and oxygen atoms in total. The third kappa shape index (κ3) is 5.09. The van der Waals surface area contributed by atoms with Crippen LogP contribution in [0.4, 0.5) is 11.4 Å². The van der Waals surface area contributed by atoms with Crippen LogP contribution in [-0.4, -0.2) is 21.8 Å². The van der Waals surface area contributed by atoms with Gasteiger partial charge in [-0.1, -0.05) is 6.07 Å². The highest BCUT2D eigenvalue weighted by Gasteiger charge is 2.09. The van der Waals surface area contributed by atoms with Crippen LogP contribution in [0.3, 0.4) is 0 Å². The highest BCUT2D eigenvalue weighted by Crippen LogP contribution is 2.21. The van der Waals surface area contributed by atoms with Gasteiger partial charge >= 0.3 is 0 Å². The summed E-state index contributed by atoms with van der Waals surface area (Å²) in [5, 5.41) is 5.65. The van der Waals surface area contributed by atoms with Gasteiger partial charge in [0.25, 0.3) is 5.91 Å². The maximum absolute atomic E-state index is 12.3. The molecule has 0 saturated heterocycles. The molecule has 2 N–H and O–H groups in total. The molecule has 6 heteroatoms. The van der Waals surface area contributed by atoms with E-state index >= 15 is 0 Å². The van der Waals surface area contributed by atoms with Crippen LogP contribution in [-0.2, 0) is 4.79 Å². The van der Waals surface area contributed by atoms with Crippen LogP contribution in [0, 0.1) is 6.92 Å². The van der Waals surface area contributed by atoms with E-state index in [-0.39, 0.29) is 11.8 Å². The number of aryl methyl sites for hydroxylation is 1. The molecule has 3 rings (SSSR count).